The Labute approximate surface area is 116 Å². The number of benzene rings is 1. The van der Waals surface area contributed by atoms with Crippen LogP contribution in [0.1, 0.15) is 12.0 Å². The fraction of sp³-hybridized carbons (Fsp3) is 0.412. The van der Waals surface area contributed by atoms with Gasteiger partial charge in [0.05, 0.1) is 13.2 Å². The van der Waals surface area contributed by atoms with E-state index in [0.29, 0.717) is 6.61 Å². The number of rotatable bonds is 7. The van der Waals surface area contributed by atoms with Crippen LogP contribution in [0.15, 0.2) is 54.6 Å². The first-order valence-electron chi connectivity index (χ1n) is 7.01. The molecule has 1 aliphatic rings. The molecule has 2 rings (SSSR count). The van der Waals surface area contributed by atoms with Crippen LogP contribution in [0.25, 0.3) is 0 Å². The van der Waals surface area contributed by atoms with Gasteiger partial charge < -0.3 is 4.74 Å². The van der Waals surface area contributed by atoms with E-state index in [4.69, 9.17) is 4.74 Å². The Bertz CT molecular complexity index is 411. The molecule has 19 heavy (non-hydrogen) atoms. The molecule has 1 aromatic carbocycles. The molecule has 1 aliphatic heterocycles. The summed E-state index contributed by atoms with van der Waals surface area (Å²) in [5, 5.41) is 0. The Morgan fingerprint density at radius 2 is 2.11 bits per heavy atom. The molecule has 0 amide bonds. The van der Waals surface area contributed by atoms with Crippen LogP contribution in [0.2, 0.25) is 0 Å². The van der Waals surface area contributed by atoms with Gasteiger partial charge in [0, 0.05) is 19.6 Å². The molecule has 2 nitrogen and oxygen atoms in total. The predicted molar refractivity (Wildman–Crippen MR) is 80.3 cm³/mol. The van der Waals surface area contributed by atoms with Crippen LogP contribution < -0.4 is 0 Å². The van der Waals surface area contributed by atoms with Gasteiger partial charge in [-0.2, -0.15) is 0 Å². The Morgan fingerprint density at radius 3 is 2.79 bits per heavy atom. The molecular formula is C17H23NO. The van der Waals surface area contributed by atoms with Crippen molar-refractivity contribution in [1.29, 1.82) is 0 Å². The van der Waals surface area contributed by atoms with Gasteiger partial charge in [-0.1, -0.05) is 42.5 Å². The van der Waals surface area contributed by atoms with E-state index in [1.807, 2.05) is 0 Å². The molecule has 0 N–H and O–H groups in total. The third kappa shape index (κ3) is 5.01. The minimum Gasteiger partial charge on any atom is -0.373 e. The summed E-state index contributed by atoms with van der Waals surface area (Å²) in [7, 11) is 0. The van der Waals surface area contributed by atoms with Crippen molar-refractivity contribution in [2.45, 2.75) is 12.8 Å². The second kappa shape index (κ2) is 7.93. The number of hydrogen-bond acceptors (Lipinski definition) is 2. The largest absolute Gasteiger partial charge is 0.373 e. The van der Waals surface area contributed by atoms with Gasteiger partial charge >= 0.3 is 0 Å². The van der Waals surface area contributed by atoms with Crippen LogP contribution in [-0.4, -0.2) is 37.7 Å². The van der Waals surface area contributed by atoms with E-state index in [1.165, 1.54) is 11.1 Å². The summed E-state index contributed by atoms with van der Waals surface area (Å²) in [4.78, 5) is 2.50. The highest BCUT2D eigenvalue weighted by Gasteiger charge is 2.11. The first-order chi connectivity index (χ1) is 9.38. The lowest BCUT2D eigenvalue weighted by molar-refractivity contribution is 0.178. The summed E-state index contributed by atoms with van der Waals surface area (Å²) in [5.41, 5.74) is 2.85. The van der Waals surface area contributed by atoms with E-state index < -0.39 is 0 Å². The summed E-state index contributed by atoms with van der Waals surface area (Å²) < 4.78 is 5.48. The number of nitrogens with zero attached hydrogens (tertiary/aromatic N) is 1. The first kappa shape index (κ1) is 14.0. The zero-order valence-corrected chi connectivity index (χ0v) is 11.6. The van der Waals surface area contributed by atoms with E-state index in [0.717, 1.165) is 39.1 Å². The van der Waals surface area contributed by atoms with E-state index in [-0.39, 0.29) is 0 Å². The topological polar surface area (TPSA) is 12.5 Å². The van der Waals surface area contributed by atoms with Crippen molar-refractivity contribution >= 4 is 0 Å². The Balaban J connectivity index is 1.69. The lowest BCUT2D eigenvalue weighted by Gasteiger charge is -2.26. The molecule has 102 valence electrons. The van der Waals surface area contributed by atoms with Crippen LogP contribution in [0.3, 0.4) is 0 Å². The maximum atomic E-state index is 5.48. The maximum absolute atomic E-state index is 5.48. The molecule has 1 heterocycles. The number of hydrogen-bond donors (Lipinski definition) is 0. The van der Waals surface area contributed by atoms with Crippen LogP contribution in [0, 0.1) is 0 Å². The van der Waals surface area contributed by atoms with Crippen molar-refractivity contribution in [1.82, 2.24) is 4.90 Å². The van der Waals surface area contributed by atoms with Gasteiger partial charge in [0.1, 0.15) is 0 Å². The van der Waals surface area contributed by atoms with Gasteiger partial charge in [0.25, 0.3) is 0 Å². The maximum Gasteiger partial charge on any atom is 0.0682 e. The monoisotopic (exact) mass is 257 g/mol. The second-order valence-corrected chi connectivity index (χ2v) is 4.95. The fourth-order valence-electron chi connectivity index (χ4n) is 2.29. The van der Waals surface area contributed by atoms with E-state index in [1.54, 1.807) is 6.08 Å². The van der Waals surface area contributed by atoms with E-state index >= 15 is 0 Å². The zero-order chi connectivity index (χ0) is 13.3. The van der Waals surface area contributed by atoms with Crippen molar-refractivity contribution in [2.24, 2.45) is 0 Å². The second-order valence-electron chi connectivity index (χ2n) is 4.95. The lowest BCUT2D eigenvalue weighted by atomic mass is 10.1. The summed E-state index contributed by atoms with van der Waals surface area (Å²) in [6, 6.07) is 10.7. The third-order valence-corrected chi connectivity index (χ3v) is 3.47. The summed E-state index contributed by atoms with van der Waals surface area (Å²) >= 11 is 0. The molecule has 0 radical (unpaired) electrons. The molecule has 0 spiro atoms. The van der Waals surface area contributed by atoms with Crippen LogP contribution in [0.5, 0.6) is 0 Å². The van der Waals surface area contributed by atoms with Gasteiger partial charge in [0.15, 0.2) is 0 Å². The quantitative estimate of drug-likeness (QED) is 0.550. The molecule has 0 unspecified atom stereocenters. The van der Waals surface area contributed by atoms with Crippen molar-refractivity contribution in [3.8, 4) is 0 Å². The molecule has 0 aromatic heterocycles. The van der Waals surface area contributed by atoms with E-state index in [2.05, 4.69) is 47.9 Å². The standard InChI is InChI=1S/C17H23NO/c1-2-14-19-15-17-9-12-18(13-10-17)11-8-16-6-4-3-5-7-16/h2-7,9H,1,8,10-15H2. The van der Waals surface area contributed by atoms with E-state index in [9.17, 15) is 0 Å². The average Bonchev–Trinajstić information content (AvgIpc) is 2.48. The van der Waals surface area contributed by atoms with Crippen molar-refractivity contribution < 1.29 is 4.74 Å². The van der Waals surface area contributed by atoms with Crippen molar-refractivity contribution in [3.05, 3.63) is 60.2 Å². The van der Waals surface area contributed by atoms with Crippen LogP contribution >= 0.6 is 0 Å². The fourth-order valence-corrected chi connectivity index (χ4v) is 2.29. The zero-order valence-electron chi connectivity index (χ0n) is 11.6. The predicted octanol–water partition coefficient (Wildman–Crippen LogP) is 3.06. The minimum atomic E-state index is 0.648. The molecule has 1 aromatic rings. The molecule has 0 saturated carbocycles. The van der Waals surface area contributed by atoms with Gasteiger partial charge in [-0.15, -0.1) is 6.58 Å². The molecule has 2 heteroatoms. The normalized spacial score (nSPS) is 16.1. The molecule has 0 atom stereocenters. The highest BCUT2D eigenvalue weighted by atomic mass is 16.5. The first-order valence-corrected chi connectivity index (χ1v) is 7.01. The lowest BCUT2D eigenvalue weighted by Crippen LogP contribution is -2.31. The molecule has 0 bridgehead atoms. The Hall–Kier alpha value is -1.38. The molecular weight excluding hydrogens is 234 g/mol. The highest BCUT2D eigenvalue weighted by molar-refractivity contribution is 5.15. The Kier molecular flexibility index (Phi) is 5.86. The Morgan fingerprint density at radius 1 is 1.26 bits per heavy atom. The highest BCUT2D eigenvalue weighted by Crippen LogP contribution is 2.12. The molecule has 0 fully saturated rings. The van der Waals surface area contributed by atoms with Crippen LogP contribution in [0.4, 0.5) is 0 Å². The molecule has 0 aliphatic carbocycles. The van der Waals surface area contributed by atoms with Crippen molar-refractivity contribution in [2.75, 3.05) is 32.8 Å². The summed E-state index contributed by atoms with van der Waals surface area (Å²) in [6.45, 7) is 8.41. The van der Waals surface area contributed by atoms with Crippen molar-refractivity contribution in [3.63, 3.8) is 0 Å². The number of ether oxygens (including phenoxy) is 1. The summed E-state index contributed by atoms with van der Waals surface area (Å²) in [5.74, 6) is 0. The average molecular weight is 257 g/mol. The SMILES string of the molecule is C=CCOCC1=CCN(CCc2ccccc2)CC1. The summed E-state index contributed by atoms with van der Waals surface area (Å²) in [6.07, 6.45) is 6.38. The third-order valence-electron chi connectivity index (χ3n) is 3.47. The smallest absolute Gasteiger partial charge is 0.0682 e. The minimum absolute atomic E-state index is 0.648. The van der Waals surface area contributed by atoms with Gasteiger partial charge in [0.2, 0.25) is 0 Å². The van der Waals surface area contributed by atoms with Crippen LogP contribution in [-0.2, 0) is 11.2 Å². The van der Waals surface area contributed by atoms with Gasteiger partial charge in [-0.05, 0) is 24.0 Å². The molecule has 0 saturated heterocycles. The van der Waals surface area contributed by atoms with Gasteiger partial charge in [-0.3, -0.25) is 4.90 Å². The van der Waals surface area contributed by atoms with Gasteiger partial charge in [-0.25, -0.2) is 0 Å².